The Hall–Kier alpha value is 2.12. The summed E-state index contributed by atoms with van der Waals surface area (Å²) < 4.78 is 0. The summed E-state index contributed by atoms with van der Waals surface area (Å²) >= 11 is 0. The topological polar surface area (TPSA) is 0 Å². The molecule has 0 amide bonds. The molecule has 0 bridgehead atoms. The first-order chi connectivity index (χ1) is 0. The van der Waals surface area contributed by atoms with Gasteiger partial charge in [-0.25, -0.2) is 0 Å². The Morgan fingerprint density at radius 3 is 0.600 bits per heavy atom. The number of halogens is 3. The van der Waals surface area contributed by atoms with Crippen LogP contribution in [0.4, 0.5) is 0 Å². The summed E-state index contributed by atoms with van der Waals surface area (Å²) in [4.78, 5) is 0. The summed E-state index contributed by atoms with van der Waals surface area (Å²) in [6, 6.07) is 0. The first-order valence-corrected chi connectivity index (χ1v) is 0. The predicted molar refractivity (Wildman–Crippen MR) is 31.7 cm³/mol. The first-order valence-electron chi connectivity index (χ1n) is 0. The van der Waals surface area contributed by atoms with Crippen LogP contribution >= 0.6 is 37.2 Å². The molecule has 0 spiro atoms. The van der Waals surface area contributed by atoms with Gasteiger partial charge in [-0.1, -0.05) is 0 Å². The van der Waals surface area contributed by atoms with Crippen LogP contribution in [0.2, 0.25) is 0 Å². The second kappa shape index (κ2) is 35.7. The molecule has 0 atom stereocenters. The summed E-state index contributed by atoms with van der Waals surface area (Å²) in [5, 5.41) is 0. The monoisotopic (exact) mass is 186 g/mol. The summed E-state index contributed by atoms with van der Waals surface area (Å²) in [5.74, 6) is 0. The van der Waals surface area contributed by atoms with Crippen LogP contribution < -0.4 is 0 Å². The summed E-state index contributed by atoms with van der Waals surface area (Å²) in [6.45, 7) is 0. The minimum atomic E-state index is 0. The number of hydrogen-bond donors (Lipinski definition) is 0. The van der Waals surface area contributed by atoms with E-state index in [4.69, 9.17) is 0 Å². The third kappa shape index (κ3) is 23.1. The van der Waals surface area contributed by atoms with E-state index < -0.39 is 0 Å². The molecule has 0 aliphatic rings. The third-order valence-electron chi connectivity index (χ3n) is 0. The Bertz CT molecular complexity index is 6.85. The fourth-order valence-electron chi connectivity index (χ4n) is 0. The van der Waals surface area contributed by atoms with Gasteiger partial charge in [0.1, 0.15) is 0 Å². The zero-order valence-electron chi connectivity index (χ0n) is 1.72. The Morgan fingerprint density at radius 1 is 0.600 bits per heavy atom. The molecule has 0 aromatic heterocycles. The standard InChI is InChI=1S/Al.3ClH.Ti.3H/h;3*1H;;;;. The fraction of sp³-hybridized carbons (Fsp3) is 0. The van der Waals surface area contributed by atoms with Crippen molar-refractivity contribution < 1.29 is 21.7 Å². The van der Waals surface area contributed by atoms with Gasteiger partial charge in [0.25, 0.3) is 0 Å². The second-order valence-corrected chi connectivity index (χ2v) is 0. The van der Waals surface area contributed by atoms with Crippen LogP contribution in [0.15, 0.2) is 0 Å². The van der Waals surface area contributed by atoms with Crippen molar-refractivity contribution in [1.82, 2.24) is 0 Å². The van der Waals surface area contributed by atoms with Gasteiger partial charge in [0, 0.05) is 21.7 Å². The van der Waals surface area contributed by atoms with E-state index in [1.807, 2.05) is 0 Å². The minimum Gasteiger partial charge on any atom is -0.147 e. The van der Waals surface area contributed by atoms with Crippen molar-refractivity contribution in [2.75, 3.05) is 0 Å². The summed E-state index contributed by atoms with van der Waals surface area (Å²) in [6.07, 6.45) is 0. The van der Waals surface area contributed by atoms with Crippen molar-refractivity contribution >= 4 is 54.6 Å². The normalized spacial score (nSPS) is 0. The van der Waals surface area contributed by atoms with Gasteiger partial charge in [-0.2, -0.15) is 0 Å². The molecular weight excluding hydrogens is 181 g/mol. The summed E-state index contributed by atoms with van der Waals surface area (Å²) in [5.41, 5.74) is 0. The van der Waals surface area contributed by atoms with Crippen LogP contribution in [0.5, 0.6) is 0 Å². The molecule has 0 saturated carbocycles. The van der Waals surface area contributed by atoms with E-state index in [0.29, 0.717) is 0 Å². The van der Waals surface area contributed by atoms with Gasteiger partial charge in [-0.15, -0.1) is 37.2 Å². The molecule has 0 radical (unpaired) electrons. The molecule has 0 heterocycles. The van der Waals surface area contributed by atoms with Crippen LogP contribution in [-0.2, 0) is 21.7 Å². The zero-order valence-corrected chi connectivity index (χ0v) is 5.74. The Labute approximate surface area is 75.7 Å². The van der Waals surface area contributed by atoms with Crippen molar-refractivity contribution in [3.63, 3.8) is 0 Å². The van der Waals surface area contributed by atoms with Gasteiger partial charge in [-0.3, -0.25) is 0 Å². The van der Waals surface area contributed by atoms with Gasteiger partial charge in [0.05, 0.1) is 0 Å². The number of hydrogen-bond acceptors (Lipinski definition) is 0. The quantitative estimate of drug-likeness (QED) is 0.471. The average molecular weight is 187 g/mol. The van der Waals surface area contributed by atoms with Crippen LogP contribution in [0.3, 0.4) is 0 Å². The van der Waals surface area contributed by atoms with Crippen LogP contribution in [0.25, 0.3) is 0 Å². The molecule has 0 N–H and O–H groups in total. The molecule has 0 rings (SSSR count). The van der Waals surface area contributed by atoms with Crippen molar-refractivity contribution in [3.8, 4) is 0 Å². The molecule has 5 heavy (non-hydrogen) atoms. The molecule has 0 aliphatic carbocycles. The smallest absolute Gasteiger partial charge is 0.147 e. The van der Waals surface area contributed by atoms with E-state index in [1.54, 1.807) is 0 Å². The van der Waals surface area contributed by atoms with Crippen molar-refractivity contribution in [3.05, 3.63) is 0 Å². The van der Waals surface area contributed by atoms with Gasteiger partial charge >= 0.3 is 0 Å². The molecule has 0 aromatic carbocycles. The first kappa shape index (κ1) is 59.4. The van der Waals surface area contributed by atoms with Gasteiger partial charge in [0.15, 0.2) is 17.4 Å². The summed E-state index contributed by atoms with van der Waals surface area (Å²) in [7, 11) is 0. The Morgan fingerprint density at radius 2 is 0.600 bits per heavy atom. The SMILES string of the molecule is Cl.Cl.Cl.[AlH3].[Ti]. The van der Waals surface area contributed by atoms with E-state index in [-0.39, 0.29) is 76.3 Å². The Balaban J connectivity index is 0. The molecule has 5 heteroatoms. The molecule has 0 saturated heterocycles. The molecule has 0 unspecified atom stereocenters. The molecule has 0 nitrogen and oxygen atoms in total. The second-order valence-electron chi connectivity index (χ2n) is 0. The molecule has 34 valence electrons. The van der Waals surface area contributed by atoms with Crippen molar-refractivity contribution in [2.24, 2.45) is 0 Å². The zero-order chi connectivity index (χ0) is 0. The Kier molecular flexibility index (Phi) is 425. The van der Waals surface area contributed by atoms with Gasteiger partial charge in [-0.05, 0) is 0 Å². The maximum atomic E-state index is 0. The van der Waals surface area contributed by atoms with Crippen molar-refractivity contribution in [1.29, 1.82) is 0 Å². The van der Waals surface area contributed by atoms with Crippen LogP contribution in [0.1, 0.15) is 0 Å². The molecule has 0 aliphatic heterocycles. The number of rotatable bonds is 0. The van der Waals surface area contributed by atoms with E-state index in [2.05, 4.69) is 0 Å². The van der Waals surface area contributed by atoms with Crippen LogP contribution in [0, 0.1) is 0 Å². The maximum Gasteiger partial charge on any atom is 0.187 e. The third-order valence-corrected chi connectivity index (χ3v) is 0. The average Bonchev–Trinajstić information content (AvgIpc) is 0. The van der Waals surface area contributed by atoms with Crippen LogP contribution in [-0.4, -0.2) is 17.4 Å². The largest absolute Gasteiger partial charge is 0.187 e. The van der Waals surface area contributed by atoms with E-state index in [9.17, 15) is 0 Å². The fourth-order valence-corrected chi connectivity index (χ4v) is 0. The van der Waals surface area contributed by atoms with E-state index in [0.717, 1.165) is 0 Å². The van der Waals surface area contributed by atoms with Gasteiger partial charge < -0.3 is 0 Å². The minimum absolute atomic E-state index is 0. The predicted octanol–water partition coefficient (Wildman–Crippen LogP) is 0.0790. The van der Waals surface area contributed by atoms with E-state index in [1.165, 1.54) is 0 Å². The van der Waals surface area contributed by atoms with Crippen molar-refractivity contribution in [2.45, 2.75) is 0 Å². The van der Waals surface area contributed by atoms with E-state index >= 15 is 0 Å². The molecule has 0 fully saturated rings. The van der Waals surface area contributed by atoms with Gasteiger partial charge in [0.2, 0.25) is 0 Å². The maximum absolute atomic E-state index is 0. The molecule has 0 aromatic rings. The molecular formula is H6AlCl3Ti.